The van der Waals surface area contributed by atoms with Crippen molar-refractivity contribution in [2.24, 2.45) is 0 Å². The van der Waals surface area contributed by atoms with Gasteiger partial charge in [-0.3, -0.25) is 4.98 Å². The molecule has 0 N–H and O–H groups in total. The highest BCUT2D eigenvalue weighted by molar-refractivity contribution is 6.21. The van der Waals surface area contributed by atoms with Crippen LogP contribution in [0, 0.1) is 0 Å². The Kier molecular flexibility index (Phi) is 6.22. The molecule has 2 heterocycles. The molecule has 2 aromatic heterocycles. The van der Waals surface area contributed by atoms with E-state index in [4.69, 9.17) is 9.40 Å². The van der Waals surface area contributed by atoms with Gasteiger partial charge in [-0.1, -0.05) is 146 Å². The normalized spacial score (nSPS) is 11.7. The van der Waals surface area contributed by atoms with Gasteiger partial charge in [0.25, 0.3) is 0 Å². The molecule has 2 heteroatoms. The summed E-state index contributed by atoms with van der Waals surface area (Å²) < 4.78 is 6.26. The zero-order valence-corrected chi connectivity index (χ0v) is 26.6. The van der Waals surface area contributed by atoms with Gasteiger partial charge in [0, 0.05) is 28.1 Å². The molecule has 0 saturated heterocycles. The van der Waals surface area contributed by atoms with E-state index in [9.17, 15) is 0 Å². The number of rotatable bonds is 4. The first-order valence-electron chi connectivity index (χ1n) is 16.7. The van der Waals surface area contributed by atoms with Crippen LogP contribution in [0.25, 0.3) is 98.9 Å². The van der Waals surface area contributed by atoms with E-state index in [1.165, 1.54) is 54.6 Å². The van der Waals surface area contributed by atoms with Crippen molar-refractivity contribution in [3.8, 4) is 44.6 Å². The van der Waals surface area contributed by atoms with Gasteiger partial charge in [-0.15, -0.1) is 0 Å². The van der Waals surface area contributed by atoms with Gasteiger partial charge in [0.2, 0.25) is 0 Å². The molecule has 0 aliphatic heterocycles. The summed E-state index contributed by atoms with van der Waals surface area (Å²) in [6.07, 6.45) is 2.01. The van der Waals surface area contributed by atoms with Gasteiger partial charge in [0.05, 0.1) is 5.69 Å². The molecule has 0 aliphatic carbocycles. The van der Waals surface area contributed by atoms with Gasteiger partial charge in [-0.05, 0) is 84.4 Å². The van der Waals surface area contributed by atoms with Crippen LogP contribution in [0.1, 0.15) is 0 Å². The van der Waals surface area contributed by atoms with Crippen LogP contribution in [0.3, 0.4) is 0 Å². The van der Waals surface area contributed by atoms with Gasteiger partial charge in [0.1, 0.15) is 11.2 Å². The summed E-state index contributed by atoms with van der Waals surface area (Å²) in [6, 6.07) is 60.6. The standard InChI is InChI=1S/C47H29NO/c1-2-10-30(11-3-1)31-18-20-33(21-19-31)45-37-14-6-8-16-39(37)46(40-17-9-7-15-38(40)45)42-25-22-35(29-48-42)34-24-26-43-41(28-34)47-36-13-5-4-12-32(36)23-27-44(47)49-43/h1-29H. The zero-order valence-electron chi connectivity index (χ0n) is 26.6. The Hall–Kier alpha value is -6.51. The fourth-order valence-corrected chi connectivity index (χ4v) is 7.61. The SMILES string of the molecule is c1ccc(-c2ccc(-c3c4ccccc4c(-c4ccc(-c5ccc6oc7ccc8ccccc8c7c6c5)cn4)c4ccccc34)cc2)cc1. The van der Waals surface area contributed by atoms with Crippen LogP contribution in [0.2, 0.25) is 0 Å². The number of hydrogen-bond donors (Lipinski definition) is 0. The molecule has 0 aliphatic rings. The van der Waals surface area contributed by atoms with Crippen molar-refractivity contribution in [3.05, 3.63) is 176 Å². The Labute approximate surface area is 283 Å². The summed E-state index contributed by atoms with van der Waals surface area (Å²) in [5.41, 5.74) is 11.0. The topological polar surface area (TPSA) is 26.0 Å². The van der Waals surface area contributed by atoms with Crippen molar-refractivity contribution < 1.29 is 4.42 Å². The first-order valence-corrected chi connectivity index (χ1v) is 16.7. The number of nitrogens with zero attached hydrogens (tertiary/aromatic N) is 1. The number of benzene rings is 8. The predicted octanol–water partition coefficient (Wildman–Crippen LogP) is 13.1. The Morgan fingerprint density at radius 1 is 0.347 bits per heavy atom. The quantitative estimate of drug-likeness (QED) is 0.182. The maximum Gasteiger partial charge on any atom is 0.136 e. The fraction of sp³-hybridized carbons (Fsp3) is 0. The van der Waals surface area contributed by atoms with E-state index in [-0.39, 0.29) is 0 Å². The summed E-state index contributed by atoms with van der Waals surface area (Å²) in [5.74, 6) is 0. The molecule has 8 aromatic carbocycles. The van der Waals surface area contributed by atoms with Crippen molar-refractivity contribution in [3.63, 3.8) is 0 Å². The monoisotopic (exact) mass is 623 g/mol. The van der Waals surface area contributed by atoms with Crippen molar-refractivity contribution >= 4 is 54.3 Å². The van der Waals surface area contributed by atoms with Crippen LogP contribution in [0.5, 0.6) is 0 Å². The molecule has 0 unspecified atom stereocenters. The molecule has 0 atom stereocenters. The second-order valence-electron chi connectivity index (χ2n) is 12.7. The van der Waals surface area contributed by atoms with Crippen molar-refractivity contribution in [2.75, 3.05) is 0 Å². The molecule has 10 aromatic rings. The lowest BCUT2D eigenvalue weighted by Gasteiger charge is -2.17. The lowest BCUT2D eigenvalue weighted by atomic mass is 9.87. The molecule has 228 valence electrons. The van der Waals surface area contributed by atoms with Crippen LogP contribution >= 0.6 is 0 Å². The van der Waals surface area contributed by atoms with Crippen LogP contribution in [-0.4, -0.2) is 4.98 Å². The van der Waals surface area contributed by atoms with E-state index >= 15 is 0 Å². The van der Waals surface area contributed by atoms with E-state index in [1.807, 2.05) is 6.20 Å². The molecule has 0 amide bonds. The molecule has 49 heavy (non-hydrogen) atoms. The summed E-state index contributed by atoms with van der Waals surface area (Å²) >= 11 is 0. The van der Waals surface area contributed by atoms with E-state index in [2.05, 4.69) is 170 Å². The second-order valence-corrected chi connectivity index (χ2v) is 12.7. The zero-order chi connectivity index (χ0) is 32.3. The number of furan rings is 1. The Balaban J connectivity index is 1.10. The van der Waals surface area contributed by atoms with Gasteiger partial charge in [-0.25, -0.2) is 0 Å². The molecule has 0 spiro atoms. The first-order chi connectivity index (χ1) is 24.3. The van der Waals surface area contributed by atoms with Gasteiger partial charge in [-0.2, -0.15) is 0 Å². The van der Waals surface area contributed by atoms with Crippen molar-refractivity contribution in [2.45, 2.75) is 0 Å². The summed E-state index contributed by atoms with van der Waals surface area (Å²) in [7, 11) is 0. The summed E-state index contributed by atoms with van der Waals surface area (Å²) in [4.78, 5) is 5.13. The number of fused-ring (bicyclic) bond motifs is 7. The number of hydrogen-bond acceptors (Lipinski definition) is 2. The number of aromatic nitrogens is 1. The van der Waals surface area contributed by atoms with E-state index in [0.29, 0.717) is 0 Å². The van der Waals surface area contributed by atoms with Crippen LogP contribution in [0.15, 0.2) is 180 Å². The van der Waals surface area contributed by atoms with E-state index in [1.54, 1.807) is 0 Å². The molecule has 0 radical (unpaired) electrons. The average molecular weight is 624 g/mol. The van der Waals surface area contributed by atoms with Gasteiger partial charge in [0.15, 0.2) is 0 Å². The highest BCUT2D eigenvalue weighted by atomic mass is 16.3. The highest BCUT2D eigenvalue weighted by Gasteiger charge is 2.18. The molecule has 2 nitrogen and oxygen atoms in total. The second kappa shape index (κ2) is 11.0. The third-order valence-corrected chi connectivity index (χ3v) is 9.92. The molecule has 0 bridgehead atoms. The summed E-state index contributed by atoms with van der Waals surface area (Å²) in [6.45, 7) is 0. The minimum atomic E-state index is 0.896. The van der Waals surface area contributed by atoms with Crippen molar-refractivity contribution in [1.82, 2.24) is 4.98 Å². The Morgan fingerprint density at radius 3 is 1.59 bits per heavy atom. The molecule has 10 rings (SSSR count). The molecule has 0 fully saturated rings. The third-order valence-electron chi connectivity index (χ3n) is 9.92. The maximum absolute atomic E-state index is 6.26. The maximum atomic E-state index is 6.26. The lowest BCUT2D eigenvalue weighted by Crippen LogP contribution is -1.92. The van der Waals surface area contributed by atoms with E-state index in [0.717, 1.165) is 44.3 Å². The van der Waals surface area contributed by atoms with Crippen LogP contribution < -0.4 is 0 Å². The smallest absolute Gasteiger partial charge is 0.136 e. The van der Waals surface area contributed by atoms with E-state index < -0.39 is 0 Å². The molecule has 0 saturated carbocycles. The summed E-state index contributed by atoms with van der Waals surface area (Å²) in [5, 5.41) is 9.54. The highest BCUT2D eigenvalue weighted by Crippen LogP contribution is 2.44. The van der Waals surface area contributed by atoms with Gasteiger partial charge >= 0.3 is 0 Å². The average Bonchev–Trinajstić information content (AvgIpc) is 3.56. The lowest BCUT2D eigenvalue weighted by molar-refractivity contribution is 0.669. The Morgan fingerprint density at radius 2 is 0.898 bits per heavy atom. The third kappa shape index (κ3) is 4.46. The minimum Gasteiger partial charge on any atom is -0.456 e. The largest absolute Gasteiger partial charge is 0.456 e. The van der Waals surface area contributed by atoms with Crippen molar-refractivity contribution in [1.29, 1.82) is 0 Å². The molecular formula is C47H29NO. The Bertz CT molecular complexity index is 2790. The first kappa shape index (κ1) is 27.6. The molecular weight excluding hydrogens is 595 g/mol. The number of pyridine rings is 1. The minimum absolute atomic E-state index is 0.896. The van der Waals surface area contributed by atoms with Crippen LogP contribution in [-0.2, 0) is 0 Å². The van der Waals surface area contributed by atoms with Crippen LogP contribution in [0.4, 0.5) is 0 Å². The van der Waals surface area contributed by atoms with Gasteiger partial charge < -0.3 is 4.42 Å². The fourth-order valence-electron chi connectivity index (χ4n) is 7.61. The predicted molar refractivity (Wildman–Crippen MR) is 206 cm³/mol.